The Morgan fingerprint density at radius 2 is 2.23 bits per heavy atom. The number of rotatable bonds is 6. The molecule has 2 rings (SSSR count). The van der Waals surface area contributed by atoms with Gasteiger partial charge >= 0.3 is 0 Å². The summed E-state index contributed by atoms with van der Waals surface area (Å²) in [5.74, 6) is 2.29. The largest absolute Gasteiger partial charge is 0.496 e. The van der Waals surface area contributed by atoms with E-state index >= 15 is 0 Å². The van der Waals surface area contributed by atoms with Crippen LogP contribution in [0, 0.1) is 5.92 Å². The molecule has 1 aromatic carbocycles. The van der Waals surface area contributed by atoms with Crippen molar-refractivity contribution in [3.8, 4) is 5.75 Å². The average molecular weight is 321 g/mol. The lowest BCUT2D eigenvalue weighted by molar-refractivity contribution is 0.112. The first kappa shape index (κ1) is 17.4. The van der Waals surface area contributed by atoms with E-state index in [1.165, 1.54) is 29.7 Å². The molecule has 0 amide bonds. The fourth-order valence-electron chi connectivity index (χ4n) is 3.00. The normalized spacial score (nSPS) is 21.3. The highest BCUT2D eigenvalue weighted by Gasteiger charge is 2.35. The van der Waals surface area contributed by atoms with Crippen molar-refractivity contribution in [2.24, 2.45) is 5.92 Å². The summed E-state index contributed by atoms with van der Waals surface area (Å²) in [6, 6.07) is 3.99. The van der Waals surface area contributed by atoms with Crippen molar-refractivity contribution in [3.63, 3.8) is 0 Å². The molecule has 1 atom stereocenters. The summed E-state index contributed by atoms with van der Waals surface area (Å²) in [6.45, 7) is 7.68. The van der Waals surface area contributed by atoms with Crippen molar-refractivity contribution in [1.29, 1.82) is 0 Å². The number of unbranched alkanes of at least 4 members (excludes halogenated alkanes) is 1. The van der Waals surface area contributed by atoms with Crippen LogP contribution in [-0.2, 0) is 6.54 Å². The fourth-order valence-corrected chi connectivity index (χ4v) is 4.52. The van der Waals surface area contributed by atoms with Gasteiger partial charge in [-0.2, -0.15) is 0 Å². The number of hydrogen-bond acceptors (Lipinski definition) is 4. The van der Waals surface area contributed by atoms with Crippen molar-refractivity contribution in [2.75, 3.05) is 12.9 Å². The molecular weight excluding hydrogens is 294 g/mol. The van der Waals surface area contributed by atoms with Crippen LogP contribution in [0.1, 0.15) is 56.0 Å². The van der Waals surface area contributed by atoms with Gasteiger partial charge in [-0.25, -0.2) is 0 Å². The Hall–Kier alpha value is -1.00. The number of carbonyl (C=O) groups excluding carboxylic acids is 1. The molecule has 122 valence electrons. The second kappa shape index (κ2) is 7.51. The molecule has 0 saturated heterocycles. The molecule has 0 saturated carbocycles. The van der Waals surface area contributed by atoms with Gasteiger partial charge in [0.2, 0.25) is 0 Å². The summed E-state index contributed by atoms with van der Waals surface area (Å²) in [4.78, 5) is 12.4. The summed E-state index contributed by atoms with van der Waals surface area (Å²) in [5.41, 5.74) is 2.03. The number of nitrogens with one attached hydrogen (secondary N) is 1. The van der Waals surface area contributed by atoms with Gasteiger partial charge in [-0.3, -0.25) is 4.79 Å². The molecule has 1 aliphatic heterocycles. The Morgan fingerprint density at radius 1 is 1.45 bits per heavy atom. The van der Waals surface area contributed by atoms with Crippen LogP contribution in [0.4, 0.5) is 0 Å². The van der Waals surface area contributed by atoms with Crippen molar-refractivity contribution in [1.82, 2.24) is 5.32 Å². The van der Waals surface area contributed by atoms with Gasteiger partial charge in [0.25, 0.3) is 0 Å². The van der Waals surface area contributed by atoms with Crippen LogP contribution in [-0.4, -0.2) is 24.7 Å². The van der Waals surface area contributed by atoms with E-state index in [0.29, 0.717) is 17.2 Å². The third kappa shape index (κ3) is 3.49. The first-order chi connectivity index (χ1) is 10.6. The van der Waals surface area contributed by atoms with Crippen LogP contribution >= 0.6 is 11.8 Å². The second-order valence-corrected chi connectivity index (χ2v) is 7.39. The number of fused-ring (bicyclic) bond motifs is 1. The zero-order valence-electron chi connectivity index (χ0n) is 14.1. The predicted octanol–water partition coefficient (Wildman–Crippen LogP) is 4.29. The van der Waals surface area contributed by atoms with Gasteiger partial charge in [0.1, 0.15) is 5.75 Å². The maximum Gasteiger partial charge on any atom is 0.153 e. The molecule has 0 radical (unpaired) electrons. The Bertz CT molecular complexity index is 530. The summed E-state index contributed by atoms with van der Waals surface area (Å²) >= 11 is 1.87. The molecule has 1 aliphatic rings. The maximum absolute atomic E-state index is 11.2. The number of thioether (sulfide) groups is 1. The molecule has 1 heterocycles. The second-order valence-electron chi connectivity index (χ2n) is 6.38. The summed E-state index contributed by atoms with van der Waals surface area (Å²) in [7, 11) is 1.62. The van der Waals surface area contributed by atoms with Gasteiger partial charge in [-0.15, -0.1) is 11.8 Å². The zero-order chi connectivity index (χ0) is 16.2. The lowest BCUT2D eigenvalue weighted by Crippen LogP contribution is -2.50. The molecule has 22 heavy (non-hydrogen) atoms. The molecule has 0 unspecified atom stereocenters. The molecule has 0 aromatic heterocycles. The topological polar surface area (TPSA) is 38.3 Å². The van der Waals surface area contributed by atoms with Crippen LogP contribution in [0.15, 0.2) is 17.0 Å². The average Bonchev–Trinajstić information content (AvgIpc) is 2.71. The highest BCUT2D eigenvalue weighted by atomic mass is 32.2. The lowest BCUT2D eigenvalue weighted by atomic mass is 9.83. The van der Waals surface area contributed by atoms with E-state index in [-0.39, 0.29) is 5.54 Å². The summed E-state index contributed by atoms with van der Waals surface area (Å²) < 4.78 is 5.34. The number of carbonyl (C=O) groups is 1. The zero-order valence-corrected chi connectivity index (χ0v) is 14.9. The van der Waals surface area contributed by atoms with Crippen molar-refractivity contribution in [3.05, 3.63) is 23.3 Å². The van der Waals surface area contributed by atoms with Crippen molar-refractivity contribution >= 4 is 18.0 Å². The molecule has 0 fully saturated rings. The minimum atomic E-state index is 0.161. The smallest absolute Gasteiger partial charge is 0.153 e. The van der Waals surface area contributed by atoms with E-state index in [0.717, 1.165) is 18.6 Å². The van der Waals surface area contributed by atoms with Crippen LogP contribution in [0.5, 0.6) is 5.75 Å². The molecule has 4 heteroatoms. The monoisotopic (exact) mass is 321 g/mol. The first-order valence-electron chi connectivity index (χ1n) is 8.10. The van der Waals surface area contributed by atoms with Crippen molar-refractivity contribution in [2.45, 2.75) is 57.0 Å². The van der Waals surface area contributed by atoms with Crippen LogP contribution < -0.4 is 10.1 Å². The Morgan fingerprint density at radius 3 is 2.82 bits per heavy atom. The molecule has 0 bridgehead atoms. The number of aldehydes is 1. The molecule has 0 spiro atoms. The van der Waals surface area contributed by atoms with Gasteiger partial charge in [-0.05, 0) is 30.0 Å². The van der Waals surface area contributed by atoms with E-state index in [4.69, 9.17) is 4.74 Å². The molecule has 1 aromatic rings. The van der Waals surface area contributed by atoms with E-state index in [1.807, 2.05) is 23.9 Å². The van der Waals surface area contributed by atoms with Crippen molar-refractivity contribution < 1.29 is 9.53 Å². The minimum absolute atomic E-state index is 0.161. The molecular formula is C18H27NO2S. The molecule has 3 nitrogen and oxygen atoms in total. The highest BCUT2D eigenvalue weighted by molar-refractivity contribution is 7.99. The Labute approximate surface area is 138 Å². The first-order valence-corrected chi connectivity index (χ1v) is 9.08. The summed E-state index contributed by atoms with van der Waals surface area (Å²) in [5, 5.41) is 3.81. The molecule has 0 aliphatic carbocycles. The van der Waals surface area contributed by atoms with Gasteiger partial charge in [-0.1, -0.05) is 33.6 Å². The van der Waals surface area contributed by atoms with Gasteiger partial charge in [0.05, 0.1) is 12.7 Å². The van der Waals surface area contributed by atoms with Crippen LogP contribution in [0.3, 0.4) is 0 Å². The number of ether oxygens (including phenoxy) is 1. The fraction of sp³-hybridized carbons (Fsp3) is 0.611. The Kier molecular flexibility index (Phi) is 5.93. The van der Waals surface area contributed by atoms with E-state index < -0.39 is 0 Å². The van der Waals surface area contributed by atoms with Crippen LogP contribution in [0.25, 0.3) is 0 Å². The standard InChI is InChI=1S/C18H27NO2S/c1-5-6-7-18(13(2)3)12-22-17-9-15(11-20)16(21-4)8-14(17)10-19-18/h8-9,11,13,19H,5-7,10,12H2,1-4H3/t18-/m1/s1. The van der Waals surface area contributed by atoms with Gasteiger partial charge in [0, 0.05) is 22.7 Å². The third-order valence-corrected chi connectivity index (χ3v) is 6.09. The number of hydrogen-bond donors (Lipinski definition) is 1. The molecule has 1 N–H and O–H groups in total. The quantitative estimate of drug-likeness (QED) is 0.793. The van der Waals surface area contributed by atoms with Crippen LogP contribution in [0.2, 0.25) is 0 Å². The Balaban J connectivity index is 2.29. The predicted molar refractivity (Wildman–Crippen MR) is 93.0 cm³/mol. The van der Waals surface area contributed by atoms with Gasteiger partial charge < -0.3 is 10.1 Å². The number of methoxy groups -OCH3 is 1. The SMILES string of the molecule is CCCC[C@]1(C(C)C)CSc2cc(C=O)c(OC)cc2CN1. The van der Waals surface area contributed by atoms with E-state index in [1.54, 1.807) is 7.11 Å². The minimum Gasteiger partial charge on any atom is -0.496 e. The van der Waals surface area contributed by atoms with Gasteiger partial charge in [0.15, 0.2) is 6.29 Å². The summed E-state index contributed by atoms with van der Waals surface area (Å²) in [6.07, 6.45) is 4.53. The lowest BCUT2D eigenvalue weighted by Gasteiger charge is -2.37. The third-order valence-electron chi connectivity index (χ3n) is 4.74. The van der Waals surface area contributed by atoms with E-state index in [9.17, 15) is 4.79 Å². The highest BCUT2D eigenvalue weighted by Crippen LogP contribution is 2.38. The van der Waals surface area contributed by atoms with E-state index in [2.05, 4.69) is 26.1 Å². The number of benzene rings is 1. The maximum atomic E-state index is 11.2.